The van der Waals surface area contributed by atoms with Gasteiger partial charge in [-0.25, -0.2) is 4.79 Å². The summed E-state index contributed by atoms with van der Waals surface area (Å²) in [6.45, 7) is 1.29. The standard InChI is InChI=1S/C11H14N2O3/c12-10-7-13-4-1-9(10)11(14)16-8-2-5-15-6-3-8/h1,4,7-8H,2-3,5-6,12H2. The molecule has 0 aliphatic carbocycles. The van der Waals surface area contributed by atoms with Crippen LogP contribution < -0.4 is 5.73 Å². The first-order valence-electron chi connectivity index (χ1n) is 5.25. The van der Waals surface area contributed by atoms with E-state index in [1.807, 2.05) is 0 Å². The summed E-state index contributed by atoms with van der Waals surface area (Å²) in [5.41, 5.74) is 6.36. The molecule has 0 saturated carbocycles. The van der Waals surface area contributed by atoms with Crippen LogP contribution in [0.4, 0.5) is 5.69 Å². The average Bonchev–Trinajstić information content (AvgIpc) is 2.31. The molecular formula is C11H14N2O3. The molecule has 1 aromatic heterocycles. The second-order valence-electron chi connectivity index (χ2n) is 3.68. The molecule has 1 saturated heterocycles. The predicted octanol–water partition coefficient (Wildman–Crippen LogP) is 1.000. The Bertz CT molecular complexity index is 375. The molecule has 0 unspecified atom stereocenters. The lowest BCUT2D eigenvalue weighted by atomic mass is 10.1. The number of esters is 1. The van der Waals surface area contributed by atoms with Crippen molar-refractivity contribution >= 4 is 11.7 Å². The largest absolute Gasteiger partial charge is 0.459 e. The number of rotatable bonds is 2. The van der Waals surface area contributed by atoms with Crippen molar-refractivity contribution in [2.24, 2.45) is 0 Å². The number of hydrogen-bond donors (Lipinski definition) is 1. The van der Waals surface area contributed by atoms with Gasteiger partial charge in [0, 0.05) is 19.0 Å². The van der Waals surface area contributed by atoms with Crippen LogP contribution in [0, 0.1) is 0 Å². The fourth-order valence-electron chi connectivity index (χ4n) is 1.60. The second-order valence-corrected chi connectivity index (χ2v) is 3.68. The summed E-state index contributed by atoms with van der Waals surface area (Å²) in [7, 11) is 0. The summed E-state index contributed by atoms with van der Waals surface area (Å²) < 4.78 is 10.5. The fraction of sp³-hybridized carbons (Fsp3) is 0.455. The third-order valence-electron chi connectivity index (χ3n) is 2.51. The number of aromatic nitrogens is 1. The molecule has 86 valence electrons. The zero-order chi connectivity index (χ0) is 11.4. The highest BCUT2D eigenvalue weighted by molar-refractivity contribution is 5.94. The van der Waals surface area contributed by atoms with E-state index in [1.165, 1.54) is 12.4 Å². The minimum absolute atomic E-state index is 0.0613. The molecule has 1 fully saturated rings. The van der Waals surface area contributed by atoms with Crippen molar-refractivity contribution in [2.45, 2.75) is 18.9 Å². The molecule has 0 bridgehead atoms. The first-order chi connectivity index (χ1) is 7.77. The molecule has 2 N–H and O–H groups in total. The Morgan fingerprint density at radius 1 is 1.50 bits per heavy atom. The van der Waals surface area contributed by atoms with Gasteiger partial charge in [0.2, 0.25) is 0 Å². The minimum Gasteiger partial charge on any atom is -0.459 e. The van der Waals surface area contributed by atoms with E-state index in [0.717, 1.165) is 12.8 Å². The highest BCUT2D eigenvalue weighted by Crippen LogP contribution is 2.16. The Morgan fingerprint density at radius 2 is 2.25 bits per heavy atom. The number of carbonyl (C=O) groups excluding carboxylic acids is 1. The van der Waals surface area contributed by atoms with Crippen LogP contribution in [0.3, 0.4) is 0 Å². The smallest absolute Gasteiger partial charge is 0.340 e. The van der Waals surface area contributed by atoms with Crippen LogP contribution in [0.5, 0.6) is 0 Å². The Kier molecular flexibility index (Phi) is 3.36. The lowest BCUT2D eigenvalue weighted by Crippen LogP contribution is -2.26. The number of pyridine rings is 1. The van der Waals surface area contributed by atoms with Crippen molar-refractivity contribution in [3.8, 4) is 0 Å². The van der Waals surface area contributed by atoms with Gasteiger partial charge in [0.05, 0.1) is 30.7 Å². The zero-order valence-electron chi connectivity index (χ0n) is 8.89. The van der Waals surface area contributed by atoms with E-state index in [4.69, 9.17) is 15.2 Å². The Labute approximate surface area is 93.6 Å². The maximum Gasteiger partial charge on any atom is 0.340 e. The maximum absolute atomic E-state index is 11.8. The van der Waals surface area contributed by atoms with Crippen molar-refractivity contribution in [3.63, 3.8) is 0 Å². The molecule has 5 heteroatoms. The van der Waals surface area contributed by atoms with Gasteiger partial charge in [-0.15, -0.1) is 0 Å². The van der Waals surface area contributed by atoms with Crippen molar-refractivity contribution in [2.75, 3.05) is 18.9 Å². The van der Waals surface area contributed by atoms with Crippen molar-refractivity contribution in [3.05, 3.63) is 24.0 Å². The van der Waals surface area contributed by atoms with Crippen LogP contribution in [0.15, 0.2) is 18.5 Å². The highest BCUT2D eigenvalue weighted by Gasteiger charge is 2.20. The fourth-order valence-corrected chi connectivity index (χ4v) is 1.60. The van der Waals surface area contributed by atoms with E-state index in [-0.39, 0.29) is 12.1 Å². The lowest BCUT2D eigenvalue weighted by Gasteiger charge is -2.22. The monoisotopic (exact) mass is 222 g/mol. The quantitative estimate of drug-likeness (QED) is 0.755. The highest BCUT2D eigenvalue weighted by atomic mass is 16.6. The number of anilines is 1. The van der Waals surface area contributed by atoms with Crippen molar-refractivity contribution in [1.29, 1.82) is 0 Å². The lowest BCUT2D eigenvalue weighted by molar-refractivity contribution is -0.0158. The summed E-state index contributed by atoms with van der Waals surface area (Å²) in [5, 5.41) is 0. The normalized spacial score (nSPS) is 17.0. The Hall–Kier alpha value is -1.62. The third kappa shape index (κ3) is 2.49. The molecule has 0 atom stereocenters. The third-order valence-corrected chi connectivity index (χ3v) is 2.51. The van der Waals surface area contributed by atoms with Gasteiger partial charge in [-0.3, -0.25) is 4.98 Å². The molecule has 2 rings (SSSR count). The number of ether oxygens (including phenoxy) is 2. The Morgan fingerprint density at radius 3 is 2.94 bits per heavy atom. The zero-order valence-corrected chi connectivity index (χ0v) is 8.89. The minimum atomic E-state index is -0.383. The van der Waals surface area contributed by atoms with Crippen LogP contribution in [0.1, 0.15) is 23.2 Å². The summed E-state index contributed by atoms with van der Waals surface area (Å²) in [6.07, 6.45) is 4.40. The van der Waals surface area contributed by atoms with Gasteiger partial charge in [-0.2, -0.15) is 0 Å². The van der Waals surface area contributed by atoms with E-state index in [9.17, 15) is 4.79 Å². The van der Waals surface area contributed by atoms with E-state index in [0.29, 0.717) is 24.5 Å². The van der Waals surface area contributed by atoms with Gasteiger partial charge < -0.3 is 15.2 Å². The van der Waals surface area contributed by atoms with E-state index in [1.54, 1.807) is 6.07 Å². The average molecular weight is 222 g/mol. The number of carbonyl (C=O) groups is 1. The van der Waals surface area contributed by atoms with E-state index in [2.05, 4.69) is 4.98 Å². The molecule has 1 aromatic rings. The van der Waals surface area contributed by atoms with E-state index >= 15 is 0 Å². The molecule has 16 heavy (non-hydrogen) atoms. The summed E-state index contributed by atoms with van der Waals surface area (Å²) >= 11 is 0. The van der Waals surface area contributed by atoms with Crippen molar-refractivity contribution < 1.29 is 14.3 Å². The number of nitrogens with zero attached hydrogens (tertiary/aromatic N) is 1. The first kappa shape index (κ1) is 10.9. The SMILES string of the molecule is Nc1cnccc1C(=O)OC1CCOCC1. The summed E-state index contributed by atoms with van der Waals surface area (Å²) in [4.78, 5) is 15.6. The molecule has 0 amide bonds. The van der Waals surface area contributed by atoms with Crippen LogP contribution >= 0.6 is 0 Å². The van der Waals surface area contributed by atoms with Crippen LogP contribution in [-0.2, 0) is 9.47 Å². The summed E-state index contributed by atoms with van der Waals surface area (Å²) in [6, 6.07) is 1.57. The Balaban J connectivity index is 2.00. The molecular weight excluding hydrogens is 208 g/mol. The van der Waals surface area contributed by atoms with Gasteiger partial charge in [0.25, 0.3) is 0 Å². The predicted molar refractivity (Wildman–Crippen MR) is 57.9 cm³/mol. The van der Waals surface area contributed by atoms with Crippen LogP contribution in [-0.4, -0.2) is 30.3 Å². The van der Waals surface area contributed by atoms with E-state index < -0.39 is 0 Å². The van der Waals surface area contributed by atoms with Crippen LogP contribution in [0.2, 0.25) is 0 Å². The molecule has 5 nitrogen and oxygen atoms in total. The molecule has 1 aliphatic heterocycles. The van der Waals surface area contributed by atoms with Crippen LogP contribution in [0.25, 0.3) is 0 Å². The topological polar surface area (TPSA) is 74.4 Å². The second kappa shape index (κ2) is 4.94. The van der Waals surface area contributed by atoms with Gasteiger partial charge >= 0.3 is 5.97 Å². The maximum atomic E-state index is 11.8. The van der Waals surface area contributed by atoms with Crippen molar-refractivity contribution in [1.82, 2.24) is 4.98 Å². The first-order valence-corrected chi connectivity index (χ1v) is 5.25. The molecule has 2 heterocycles. The molecule has 0 radical (unpaired) electrons. The molecule has 1 aliphatic rings. The molecule has 0 spiro atoms. The summed E-state index contributed by atoms with van der Waals surface area (Å²) in [5.74, 6) is -0.383. The number of nitrogen functional groups attached to an aromatic ring is 1. The number of hydrogen-bond acceptors (Lipinski definition) is 5. The van der Waals surface area contributed by atoms with Gasteiger partial charge in [0.15, 0.2) is 0 Å². The van der Waals surface area contributed by atoms with Gasteiger partial charge in [-0.1, -0.05) is 0 Å². The van der Waals surface area contributed by atoms with Gasteiger partial charge in [0.1, 0.15) is 6.10 Å². The number of nitrogens with two attached hydrogens (primary N) is 1. The molecule has 0 aromatic carbocycles. The van der Waals surface area contributed by atoms with Gasteiger partial charge in [-0.05, 0) is 6.07 Å².